The van der Waals surface area contributed by atoms with E-state index in [1.54, 1.807) is 18.3 Å². The van der Waals surface area contributed by atoms with Crippen molar-refractivity contribution in [2.75, 3.05) is 0 Å². The number of primary sulfonamides is 1. The average Bonchev–Trinajstić information content (AvgIpc) is 2.44. The summed E-state index contributed by atoms with van der Waals surface area (Å²) < 4.78 is 22.7. The van der Waals surface area contributed by atoms with Gasteiger partial charge in [-0.05, 0) is 37.6 Å². The Kier molecular flexibility index (Phi) is 4.66. The molecule has 7 heteroatoms. The molecule has 0 saturated carbocycles. The molecule has 0 spiro atoms. The van der Waals surface area contributed by atoms with Crippen molar-refractivity contribution in [3.8, 4) is 0 Å². The summed E-state index contributed by atoms with van der Waals surface area (Å²) >= 11 is 0. The van der Waals surface area contributed by atoms with Crippen LogP contribution in [0.5, 0.6) is 0 Å². The molecule has 1 aromatic heterocycles. The molecule has 1 heterocycles. The van der Waals surface area contributed by atoms with E-state index in [1.807, 2.05) is 26.0 Å². The zero-order valence-corrected chi connectivity index (χ0v) is 12.8. The standard InChI is InChI=1S/C14H18N4O2S/c1-10(17-9-13-6-7-16-11(2)18-13)12-4-3-5-14(8-12)21(15,19)20/h3-8,10,17H,9H2,1-2H3,(H2,15,19,20). The number of sulfonamides is 1. The normalized spacial score (nSPS) is 13.1. The number of nitrogens with one attached hydrogen (secondary N) is 1. The van der Waals surface area contributed by atoms with Crippen LogP contribution in [0.4, 0.5) is 0 Å². The highest BCUT2D eigenvalue weighted by Gasteiger charge is 2.11. The van der Waals surface area contributed by atoms with Crippen molar-refractivity contribution in [2.24, 2.45) is 5.14 Å². The summed E-state index contributed by atoms with van der Waals surface area (Å²) in [5, 5.41) is 8.44. The Hall–Kier alpha value is -1.83. The lowest BCUT2D eigenvalue weighted by molar-refractivity contribution is 0.564. The first kappa shape index (κ1) is 15.6. The zero-order valence-electron chi connectivity index (χ0n) is 11.9. The van der Waals surface area contributed by atoms with E-state index < -0.39 is 10.0 Å². The van der Waals surface area contributed by atoms with Crippen LogP contribution in [-0.4, -0.2) is 18.4 Å². The van der Waals surface area contributed by atoms with E-state index in [4.69, 9.17) is 5.14 Å². The smallest absolute Gasteiger partial charge is 0.238 e. The Labute approximate surface area is 124 Å². The van der Waals surface area contributed by atoms with Gasteiger partial charge in [-0.1, -0.05) is 12.1 Å². The van der Waals surface area contributed by atoms with Gasteiger partial charge in [-0.2, -0.15) is 0 Å². The van der Waals surface area contributed by atoms with Gasteiger partial charge < -0.3 is 5.32 Å². The molecule has 3 N–H and O–H groups in total. The van der Waals surface area contributed by atoms with E-state index in [9.17, 15) is 8.42 Å². The quantitative estimate of drug-likeness (QED) is 0.867. The molecule has 112 valence electrons. The van der Waals surface area contributed by atoms with Crippen LogP contribution >= 0.6 is 0 Å². The highest BCUT2D eigenvalue weighted by atomic mass is 32.2. The van der Waals surface area contributed by atoms with Crippen molar-refractivity contribution >= 4 is 10.0 Å². The van der Waals surface area contributed by atoms with Crippen molar-refractivity contribution in [3.05, 3.63) is 53.6 Å². The Morgan fingerprint density at radius 2 is 2.10 bits per heavy atom. The second-order valence-electron chi connectivity index (χ2n) is 4.82. The topological polar surface area (TPSA) is 98.0 Å². The molecule has 0 saturated heterocycles. The van der Waals surface area contributed by atoms with Crippen LogP contribution in [0.1, 0.15) is 30.0 Å². The molecule has 0 amide bonds. The number of benzene rings is 1. The van der Waals surface area contributed by atoms with Gasteiger partial charge in [-0.25, -0.2) is 23.5 Å². The first-order valence-corrected chi connectivity index (χ1v) is 8.05. The average molecular weight is 306 g/mol. The molecule has 0 radical (unpaired) electrons. The number of nitrogens with two attached hydrogens (primary N) is 1. The SMILES string of the molecule is Cc1nccc(CNC(C)c2cccc(S(N)(=O)=O)c2)n1. The summed E-state index contributed by atoms with van der Waals surface area (Å²) in [7, 11) is -3.68. The van der Waals surface area contributed by atoms with Crippen LogP contribution in [0, 0.1) is 6.92 Å². The van der Waals surface area contributed by atoms with Gasteiger partial charge in [-0.15, -0.1) is 0 Å². The third kappa shape index (κ3) is 4.32. The predicted octanol–water partition coefficient (Wildman–Crippen LogP) is 1.28. The molecule has 2 rings (SSSR count). The van der Waals surface area contributed by atoms with Crippen molar-refractivity contribution in [3.63, 3.8) is 0 Å². The second kappa shape index (κ2) is 6.30. The van der Waals surface area contributed by atoms with Crippen molar-refractivity contribution in [1.29, 1.82) is 0 Å². The molecule has 0 aliphatic heterocycles. The highest BCUT2D eigenvalue weighted by molar-refractivity contribution is 7.89. The molecule has 6 nitrogen and oxygen atoms in total. The Morgan fingerprint density at radius 1 is 1.33 bits per heavy atom. The fourth-order valence-corrected chi connectivity index (χ4v) is 2.51. The molecule has 2 aromatic rings. The van der Waals surface area contributed by atoms with Crippen LogP contribution in [0.3, 0.4) is 0 Å². The lowest BCUT2D eigenvalue weighted by Gasteiger charge is -2.14. The first-order valence-electron chi connectivity index (χ1n) is 6.51. The minimum Gasteiger partial charge on any atom is -0.305 e. The minimum atomic E-state index is -3.68. The maximum Gasteiger partial charge on any atom is 0.238 e. The van der Waals surface area contributed by atoms with Crippen LogP contribution in [0.25, 0.3) is 0 Å². The lowest BCUT2D eigenvalue weighted by atomic mass is 10.1. The molecular formula is C14H18N4O2S. The van der Waals surface area contributed by atoms with Crippen LogP contribution < -0.4 is 10.5 Å². The van der Waals surface area contributed by atoms with Gasteiger partial charge in [0.2, 0.25) is 10.0 Å². The van der Waals surface area contributed by atoms with Crippen LogP contribution in [0.2, 0.25) is 0 Å². The third-order valence-electron chi connectivity index (χ3n) is 3.11. The number of hydrogen-bond acceptors (Lipinski definition) is 5. The molecule has 1 atom stereocenters. The Morgan fingerprint density at radius 3 is 2.76 bits per heavy atom. The third-order valence-corrected chi connectivity index (χ3v) is 4.02. The summed E-state index contributed by atoms with van der Waals surface area (Å²) in [6.07, 6.45) is 1.71. The Bertz CT molecular complexity index is 731. The number of aromatic nitrogens is 2. The molecule has 1 unspecified atom stereocenters. The summed E-state index contributed by atoms with van der Waals surface area (Å²) in [5.41, 5.74) is 1.74. The minimum absolute atomic E-state index is 0.0260. The molecule has 0 aliphatic rings. The largest absolute Gasteiger partial charge is 0.305 e. The Balaban J connectivity index is 2.08. The molecule has 1 aromatic carbocycles. The second-order valence-corrected chi connectivity index (χ2v) is 6.38. The van der Waals surface area contributed by atoms with Gasteiger partial charge in [-0.3, -0.25) is 0 Å². The van der Waals surface area contributed by atoms with E-state index >= 15 is 0 Å². The summed E-state index contributed by atoms with van der Waals surface area (Å²) in [6.45, 7) is 4.36. The lowest BCUT2D eigenvalue weighted by Crippen LogP contribution is -2.20. The van der Waals surface area contributed by atoms with Gasteiger partial charge in [0.15, 0.2) is 0 Å². The number of rotatable bonds is 5. The first-order chi connectivity index (χ1) is 9.86. The zero-order chi connectivity index (χ0) is 15.5. The van der Waals surface area contributed by atoms with E-state index in [-0.39, 0.29) is 10.9 Å². The molecule has 0 bridgehead atoms. The predicted molar refractivity (Wildman–Crippen MR) is 79.8 cm³/mol. The van der Waals surface area contributed by atoms with Crippen LogP contribution in [-0.2, 0) is 16.6 Å². The van der Waals surface area contributed by atoms with Gasteiger partial charge >= 0.3 is 0 Å². The van der Waals surface area contributed by atoms with Crippen LogP contribution in [0.15, 0.2) is 41.4 Å². The van der Waals surface area contributed by atoms with E-state index in [0.717, 1.165) is 17.1 Å². The number of aryl methyl sites for hydroxylation is 1. The summed E-state index contributed by atoms with van der Waals surface area (Å²) in [4.78, 5) is 8.47. The van der Waals surface area contributed by atoms with Crippen molar-refractivity contribution in [1.82, 2.24) is 15.3 Å². The fourth-order valence-electron chi connectivity index (χ4n) is 1.94. The van der Waals surface area contributed by atoms with Crippen molar-refractivity contribution < 1.29 is 8.42 Å². The highest BCUT2D eigenvalue weighted by Crippen LogP contribution is 2.17. The number of hydrogen-bond donors (Lipinski definition) is 2. The van der Waals surface area contributed by atoms with Crippen molar-refractivity contribution in [2.45, 2.75) is 31.3 Å². The molecule has 0 fully saturated rings. The monoisotopic (exact) mass is 306 g/mol. The maximum absolute atomic E-state index is 11.4. The fraction of sp³-hybridized carbons (Fsp3) is 0.286. The molecule has 0 aliphatic carbocycles. The van der Waals surface area contributed by atoms with E-state index in [0.29, 0.717) is 6.54 Å². The summed E-state index contributed by atoms with van der Waals surface area (Å²) in [6, 6.07) is 8.42. The van der Waals surface area contributed by atoms with E-state index in [2.05, 4.69) is 15.3 Å². The molecule has 21 heavy (non-hydrogen) atoms. The van der Waals surface area contributed by atoms with Gasteiger partial charge in [0.1, 0.15) is 5.82 Å². The van der Waals surface area contributed by atoms with Gasteiger partial charge in [0.05, 0.1) is 10.6 Å². The maximum atomic E-state index is 11.4. The number of nitrogens with zero attached hydrogens (tertiary/aromatic N) is 2. The van der Waals surface area contributed by atoms with E-state index in [1.165, 1.54) is 6.07 Å². The summed E-state index contributed by atoms with van der Waals surface area (Å²) in [5.74, 6) is 0.721. The van der Waals surface area contributed by atoms with Gasteiger partial charge in [0.25, 0.3) is 0 Å². The molecular weight excluding hydrogens is 288 g/mol. The van der Waals surface area contributed by atoms with Gasteiger partial charge in [0, 0.05) is 18.8 Å².